The molecular weight excluding hydrogens is 387 g/mol. The van der Waals surface area contributed by atoms with Gasteiger partial charge in [0.1, 0.15) is 11.6 Å². The molecule has 1 saturated heterocycles. The van der Waals surface area contributed by atoms with Crippen LogP contribution in [0.5, 0.6) is 5.75 Å². The van der Waals surface area contributed by atoms with Crippen LogP contribution >= 0.6 is 0 Å². The Morgan fingerprint density at radius 1 is 1.10 bits per heavy atom. The van der Waals surface area contributed by atoms with Gasteiger partial charge in [0, 0.05) is 37.6 Å². The third kappa shape index (κ3) is 5.05. The molecule has 1 fully saturated rings. The van der Waals surface area contributed by atoms with Crippen molar-refractivity contribution in [1.29, 1.82) is 0 Å². The van der Waals surface area contributed by atoms with Gasteiger partial charge in [0.2, 0.25) is 11.9 Å². The van der Waals surface area contributed by atoms with E-state index in [-0.39, 0.29) is 24.2 Å². The summed E-state index contributed by atoms with van der Waals surface area (Å²) in [7, 11) is 0. The van der Waals surface area contributed by atoms with Crippen LogP contribution in [0.1, 0.15) is 24.5 Å². The van der Waals surface area contributed by atoms with Crippen LogP contribution in [0.4, 0.5) is 16.3 Å². The number of halogens is 1. The van der Waals surface area contributed by atoms with Crippen LogP contribution in [0.15, 0.2) is 55.0 Å². The molecule has 3 aromatic rings. The fraction of sp³-hybridized carbons (Fsp3) is 0.286. The van der Waals surface area contributed by atoms with Gasteiger partial charge in [-0.05, 0) is 49.2 Å². The number of amides is 1. The van der Waals surface area contributed by atoms with Gasteiger partial charge in [-0.15, -0.1) is 0 Å². The molecule has 1 amide bonds. The Labute approximate surface area is 173 Å². The number of rotatable bonds is 6. The van der Waals surface area contributed by atoms with Gasteiger partial charge in [-0.25, -0.2) is 24.3 Å². The van der Waals surface area contributed by atoms with Crippen molar-refractivity contribution in [3.8, 4) is 5.75 Å². The van der Waals surface area contributed by atoms with E-state index < -0.39 is 0 Å². The highest BCUT2D eigenvalue weighted by atomic mass is 19.1. The first-order valence-corrected chi connectivity index (χ1v) is 9.70. The third-order valence-electron chi connectivity index (χ3n) is 4.83. The van der Waals surface area contributed by atoms with Crippen LogP contribution in [0.2, 0.25) is 0 Å². The molecule has 1 aliphatic heterocycles. The number of benzene rings is 1. The van der Waals surface area contributed by atoms with E-state index in [0.717, 1.165) is 18.5 Å². The van der Waals surface area contributed by atoms with Crippen LogP contribution in [-0.4, -0.2) is 50.4 Å². The van der Waals surface area contributed by atoms with Crippen LogP contribution in [0.25, 0.3) is 0 Å². The molecule has 0 bridgehead atoms. The zero-order valence-corrected chi connectivity index (χ0v) is 16.2. The van der Waals surface area contributed by atoms with Crippen LogP contribution in [0, 0.1) is 5.82 Å². The fourth-order valence-corrected chi connectivity index (χ4v) is 3.34. The van der Waals surface area contributed by atoms with Crippen molar-refractivity contribution in [3.63, 3.8) is 0 Å². The molecule has 2 aromatic heterocycles. The van der Waals surface area contributed by atoms with Gasteiger partial charge in [0.05, 0.1) is 5.69 Å². The number of ether oxygens (including phenoxy) is 1. The summed E-state index contributed by atoms with van der Waals surface area (Å²) in [6, 6.07) is 9.22. The molecule has 9 heteroatoms. The minimum absolute atomic E-state index is 0.0831. The quantitative estimate of drug-likeness (QED) is 0.670. The second-order valence-electron chi connectivity index (χ2n) is 6.92. The number of nitrogens with zero attached hydrogens (tertiary/aromatic N) is 5. The lowest BCUT2D eigenvalue weighted by molar-refractivity contribution is -0.134. The Balaban J connectivity index is 1.36. The number of carbonyl (C=O) groups excluding carboxylic acids is 1. The molecule has 0 aliphatic carbocycles. The molecule has 1 aliphatic rings. The maximum atomic E-state index is 13.0. The largest absolute Gasteiger partial charge is 0.484 e. The van der Waals surface area contributed by atoms with Gasteiger partial charge in [-0.3, -0.25) is 10.1 Å². The van der Waals surface area contributed by atoms with Crippen molar-refractivity contribution in [2.24, 2.45) is 0 Å². The molecule has 1 atom stereocenters. The van der Waals surface area contributed by atoms with Gasteiger partial charge in [-0.1, -0.05) is 0 Å². The second-order valence-corrected chi connectivity index (χ2v) is 6.92. The Hall–Kier alpha value is -3.62. The number of piperidine rings is 1. The van der Waals surface area contributed by atoms with E-state index >= 15 is 0 Å². The smallest absolute Gasteiger partial charge is 0.260 e. The van der Waals surface area contributed by atoms with Crippen molar-refractivity contribution < 1.29 is 13.9 Å². The van der Waals surface area contributed by atoms with Crippen molar-refractivity contribution in [1.82, 2.24) is 24.8 Å². The van der Waals surface area contributed by atoms with Crippen LogP contribution in [0.3, 0.4) is 0 Å². The fourth-order valence-electron chi connectivity index (χ4n) is 3.34. The van der Waals surface area contributed by atoms with Gasteiger partial charge in [-0.2, -0.15) is 0 Å². The minimum atomic E-state index is -0.343. The zero-order chi connectivity index (χ0) is 20.8. The molecule has 154 valence electrons. The van der Waals surface area contributed by atoms with Crippen molar-refractivity contribution in [2.45, 2.75) is 18.8 Å². The predicted octanol–water partition coefficient (Wildman–Crippen LogP) is 2.93. The van der Waals surface area contributed by atoms with E-state index in [1.807, 2.05) is 6.07 Å². The highest BCUT2D eigenvalue weighted by molar-refractivity contribution is 5.78. The van der Waals surface area contributed by atoms with Crippen molar-refractivity contribution >= 4 is 17.8 Å². The molecule has 30 heavy (non-hydrogen) atoms. The van der Waals surface area contributed by atoms with E-state index in [1.54, 1.807) is 29.6 Å². The number of anilines is 2. The molecule has 0 radical (unpaired) electrons. The molecule has 0 spiro atoms. The molecule has 1 aromatic carbocycles. The number of hydrogen-bond donors (Lipinski definition) is 1. The summed E-state index contributed by atoms with van der Waals surface area (Å²) in [4.78, 5) is 31.4. The Morgan fingerprint density at radius 3 is 2.67 bits per heavy atom. The van der Waals surface area contributed by atoms with E-state index in [4.69, 9.17) is 4.74 Å². The Bertz CT molecular complexity index is 986. The maximum absolute atomic E-state index is 13.0. The first kappa shape index (κ1) is 19.7. The summed E-state index contributed by atoms with van der Waals surface area (Å²) in [5, 5.41) is 2.99. The van der Waals surface area contributed by atoms with E-state index in [9.17, 15) is 9.18 Å². The predicted molar refractivity (Wildman–Crippen MR) is 108 cm³/mol. The monoisotopic (exact) mass is 408 g/mol. The normalized spacial score (nSPS) is 16.2. The molecular formula is C21H21FN6O2. The summed E-state index contributed by atoms with van der Waals surface area (Å²) in [6.07, 6.45) is 6.77. The summed E-state index contributed by atoms with van der Waals surface area (Å²) in [6.45, 7) is 1.15. The van der Waals surface area contributed by atoms with Crippen LogP contribution < -0.4 is 10.1 Å². The number of aromatic nitrogens is 4. The van der Waals surface area contributed by atoms with Crippen LogP contribution in [-0.2, 0) is 4.79 Å². The molecule has 0 unspecified atom stereocenters. The lowest BCUT2D eigenvalue weighted by atomic mass is 9.94. The molecule has 8 nitrogen and oxygen atoms in total. The lowest BCUT2D eigenvalue weighted by Gasteiger charge is -2.32. The minimum Gasteiger partial charge on any atom is -0.484 e. The summed E-state index contributed by atoms with van der Waals surface area (Å²) in [5.74, 6) is 0.968. The number of likely N-dealkylation sites (tertiary alicyclic amines) is 1. The highest BCUT2D eigenvalue weighted by Crippen LogP contribution is 2.26. The summed E-state index contributed by atoms with van der Waals surface area (Å²) >= 11 is 0. The number of nitrogens with one attached hydrogen (secondary N) is 1. The van der Waals surface area contributed by atoms with Crippen molar-refractivity contribution in [2.75, 3.05) is 25.0 Å². The lowest BCUT2D eigenvalue weighted by Crippen LogP contribution is -2.41. The maximum Gasteiger partial charge on any atom is 0.260 e. The average Bonchev–Trinajstić information content (AvgIpc) is 2.79. The Kier molecular flexibility index (Phi) is 6.07. The van der Waals surface area contributed by atoms with E-state index in [1.165, 1.54) is 24.3 Å². The highest BCUT2D eigenvalue weighted by Gasteiger charge is 2.26. The zero-order valence-electron chi connectivity index (χ0n) is 16.2. The Morgan fingerprint density at radius 2 is 1.87 bits per heavy atom. The van der Waals surface area contributed by atoms with Gasteiger partial charge in [0.25, 0.3) is 5.91 Å². The average molecular weight is 408 g/mol. The van der Waals surface area contributed by atoms with Gasteiger partial charge in [0.15, 0.2) is 6.61 Å². The standard InChI is InChI=1S/C21H21FN6O2/c22-16-4-6-17(7-5-16)30-14-19(29)28-12-1-3-15(13-28)18-8-11-25-21(26-18)27-20-23-9-2-10-24-20/h2,4-11,15H,1,3,12-14H2,(H,23,24,25,26,27)/t15-/m0/s1. The topological polar surface area (TPSA) is 93.1 Å². The summed E-state index contributed by atoms with van der Waals surface area (Å²) < 4.78 is 18.5. The second kappa shape index (κ2) is 9.25. The number of carbonyl (C=O) groups is 1. The first-order valence-electron chi connectivity index (χ1n) is 9.70. The number of hydrogen-bond acceptors (Lipinski definition) is 7. The van der Waals surface area contributed by atoms with E-state index in [0.29, 0.717) is 30.7 Å². The van der Waals surface area contributed by atoms with E-state index in [2.05, 4.69) is 25.3 Å². The molecule has 0 saturated carbocycles. The molecule has 4 rings (SSSR count). The first-order chi connectivity index (χ1) is 14.7. The van der Waals surface area contributed by atoms with Gasteiger partial charge >= 0.3 is 0 Å². The summed E-state index contributed by atoms with van der Waals surface area (Å²) in [5.41, 5.74) is 0.861. The molecule has 1 N–H and O–H groups in total. The third-order valence-corrected chi connectivity index (χ3v) is 4.83. The SMILES string of the molecule is O=C(COc1ccc(F)cc1)N1CCC[C@H](c2ccnc(Nc3ncccn3)n2)C1. The van der Waals surface area contributed by atoms with Gasteiger partial charge < -0.3 is 9.64 Å². The van der Waals surface area contributed by atoms with Crippen molar-refractivity contribution in [3.05, 3.63) is 66.5 Å². The molecule has 3 heterocycles.